The van der Waals surface area contributed by atoms with Gasteiger partial charge in [0.05, 0.1) is 5.41 Å². The zero-order valence-electron chi connectivity index (χ0n) is 15.1. The number of aliphatic carboxylic acids is 1. The molecule has 2 nitrogen and oxygen atoms in total. The molecule has 0 aromatic heterocycles. The molecule has 126 valence electrons. The Balaban J connectivity index is 4.75. The summed E-state index contributed by atoms with van der Waals surface area (Å²) in [6.45, 7) is 10.7. The van der Waals surface area contributed by atoms with Crippen molar-refractivity contribution in [2.24, 2.45) is 17.3 Å². The fourth-order valence-corrected chi connectivity index (χ4v) is 3.66. The molecule has 0 spiro atoms. The Hall–Kier alpha value is -0.530. The lowest BCUT2D eigenvalue weighted by atomic mass is 9.65. The summed E-state index contributed by atoms with van der Waals surface area (Å²) in [6, 6.07) is 0. The number of hydrogen-bond donors (Lipinski definition) is 1. The minimum Gasteiger partial charge on any atom is -0.481 e. The van der Waals surface area contributed by atoms with Gasteiger partial charge >= 0.3 is 5.97 Å². The number of carboxylic acids is 1. The minimum atomic E-state index is -0.604. The van der Waals surface area contributed by atoms with E-state index in [2.05, 4.69) is 20.8 Å². The molecule has 0 saturated heterocycles. The monoisotopic (exact) mass is 298 g/mol. The SMILES string of the molecule is CCCCCCCC(CC)C(CCC)C(C)(CC)C(=O)O. The molecule has 0 fully saturated rings. The summed E-state index contributed by atoms with van der Waals surface area (Å²) in [5, 5.41) is 9.72. The fourth-order valence-electron chi connectivity index (χ4n) is 3.66. The number of carboxylic acid groups (broad SMARTS) is 1. The molecule has 0 aliphatic rings. The van der Waals surface area contributed by atoms with Gasteiger partial charge in [0, 0.05) is 0 Å². The first-order valence-electron chi connectivity index (χ1n) is 9.21. The summed E-state index contributed by atoms with van der Waals surface area (Å²) >= 11 is 0. The molecule has 2 heteroatoms. The van der Waals surface area contributed by atoms with Gasteiger partial charge in [-0.3, -0.25) is 4.79 Å². The minimum absolute atomic E-state index is 0.321. The fraction of sp³-hybridized carbons (Fsp3) is 0.947. The van der Waals surface area contributed by atoms with Crippen molar-refractivity contribution in [3.8, 4) is 0 Å². The van der Waals surface area contributed by atoms with Crippen LogP contribution in [-0.2, 0) is 4.79 Å². The van der Waals surface area contributed by atoms with Crippen LogP contribution in [0.1, 0.15) is 98.8 Å². The second kappa shape index (κ2) is 11.1. The quantitative estimate of drug-likeness (QED) is 0.406. The topological polar surface area (TPSA) is 37.3 Å². The molecule has 0 amide bonds. The van der Waals surface area contributed by atoms with Gasteiger partial charge in [-0.15, -0.1) is 0 Å². The summed E-state index contributed by atoms with van der Waals surface area (Å²) in [5.41, 5.74) is -0.555. The van der Waals surface area contributed by atoms with Crippen molar-refractivity contribution in [1.29, 1.82) is 0 Å². The predicted molar refractivity (Wildman–Crippen MR) is 91.6 cm³/mol. The van der Waals surface area contributed by atoms with E-state index < -0.39 is 11.4 Å². The molecule has 0 bridgehead atoms. The largest absolute Gasteiger partial charge is 0.481 e. The lowest BCUT2D eigenvalue weighted by molar-refractivity contribution is -0.153. The predicted octanol–water partition coefficient (Wildman–Crippen LogP) is 6.29. The summed E-state index contributed by atoms with van der Waals surface area (Å²) in [4.78, 5) is 11.8. The van der Waals surface area contributed by atoms with Crippen LogP contribution in [0.4, 0.5) is 0 Å². The molecule has 0 heterocycles. The van der Waals surface area contributed by atoms with Gasteiger partial charge in [-0.2, -0.15) is 0 Å². The van der Waals surface area contributed by atoms with E-state index in [0.29, 0.717) is 11.8 Å². The number of unbranched alkanes of at least 4 members (excludes halogenated alkanes) is 4. The van der Waals surface area contributed by atoms with E-state index in [-0.39, 0.29) is 0 Å². The second-order valence-electron chi connectivity index (χ2n) is 6.84. The summed E-state index contributed by atoms with van der Waals surface area (Å²) in [5.74, 6) is 0.279. The third kappa shape index (κ3) is 6.40. The van der Waals surface area contributed by atoms with Gasteiger partial charge in [-0.25, -0.2) is 0 Å². The highest BCUT2D eigenvalue weighted by Crippen LogP contribution is 2.42. The Bertz CT molecular complexity index is 275. The standard InChI is InChI=1S/C19H38O2/c1-6-10-11-12-13-15-16(8-3)17(14-7-2)19(5,9-4)18(20)21/h16-17H,6-15H2,1-5H3,(H,20,21). The average Bonchev–Trinajstić information content (AvgIpc) is 2.48. The van der Waals surface area contributed by atoms with Crippen molar-refractivity contribution in [2.45, 2.75) is 98.8 Å². The van der Waals surface area contributed by atoms with Crippen molar-refractivity contribution in [2.75, 3.05) is 0 Å². The number of rotatable bonds is 13. The van der Waals surface area contributed by atoms with E-state index in [0.717, 1.165) is 25.7 Å². The molecule has 0 aliphatic carbocycles. The highest BCUT2D eigenvalue weighted by atomic mass is 16.4. The first kappa shape index (κ1) is 20.5. The molecule has 0 radical (unpaired) electrons. The molecule has 3 atom stereocenters. The van der Waals surface area contributed by atoms with Crippen LogP contribution in [0, 0.1) is 17.3 Å². The van der Waals surface area contributed by atoms with Crippen LogP contribution < -0.4 is 0 Å². The van der Waals surface area contributed by atoms with Crippen LogP contribution in [0.3, 0.4) is 0 Å². The normalized spacial score (nSPS) is 17.2. The Labute approximate surface area is 132 Å². The molecule has 0 aliphatic heterocycles. The van der Waals surface area contributed by atoms with E-state index >= 15 is 0 Å². The van der Waals surface area contributed by atoms with E-state index in [1.54, 1.807) is 0 Å². The molecule has 0 rings (SSSR count). The van der Waals surface area contributed by atoms with Crippen LogP contribution in [-0.4, -0.2) is 11.1 Å². The molecule has 1 N–H and O–H groups in total. The van der Waals surface area contributed by atoms with Gasteiger partial charge in [0.2, 0.25) is 0 Å². The molecular formula is C19H38O2. The third-order valence-corrected chi connectivity index (χ3v) is 5.41. The number of carbonyl (C=O) groups is 1. The smallest absolute Gasteiger partial charge is 0.309 e. The lowest BCUT2D eigenvalue weighted by Crippen LogP contribution is -2.39. The van der Waals surface area contributed by atoms with Gasteiger partial charge in [-0.05, 0) is 31.6 Å². The van der Waals surface area contributed by atoms with Gasteiger partial charge in [0.1, 0.15) is 0 Å². The van der Waals surface area contributed by atoms with E-state index in [9.17, 15) is 9.90 Å². The van der Waals surface area contributed by atoms with E-state index in [4.69, 9.17) is 0 Å². The first-order chi connectivity index (χ1) is 9.97. The summed E-state index contributed by atoms with van der Waals surface area (Å²) in [6.07, 6.45) is 11.7. The van der Waals surface area contributed by atoms with Crippen LogP contribution >= 0.6 is 0 Å². The van der Waals surface area contributed by atoms with Gasteiger partial charge in [0.15, 0.2) is 0 Å². The summed E-state index contributed by atoms with van der Waals surface area (Å²) in [7, 11) is 0. The second-order valence-corrected chi connectivity index (χ2v) is 6.84. The maximum atomic E-state index is 11.8. The molecule has 0 aromatic carbocycles. The van der Waals surface area contributed by atoms with E-state index in [1.165, 1.54) is 38.5 Å². The Kier molecular flexibility index (Phi) is 10.8. The maximum absolute atomic E-state index is 11.8. The van der Waals surface area contributed by atoms with Crippen LogP contribution in [0.5, 0.6) is 0 Å². The van der Waals surface area contributed by atoms with Gasteiger partial charge < -0.3 is 5.11 Å². The van der Waals surface area contributed by atoms with Gasteiger partial charge in [0.25, 0.3) is 0 Å². The van der Waals surface area contributed by atoms with E-state index in [1.807, 2.05) is 13.8 Å². The van der Waals surface area contributed by atoms with Crippen LogP contribution in [0.25, 0.3) is 0 Å². The van der Waals surface area contributed by atoms with Crippen LogP contribution in [0.2, 0.25) is 0 Å². The van der Waals surface area contributed by atoms with Crippen molar-refractivity contribution in [3.05, 3.63) is 0 Å². The molecule has 3 unspecified atom stereocenters. The Morgan fingerprint density at radius 1 is 0.952 bits per heavy atom. The molecule has 0 aromatic rings. The van der Waals surface area contributed by atoms with Gasteiger partial charge in [-0.1, -0.05) is 79.1 Å². The average molecular weight is 299 g/mol. The highest BCUT2D eigenvalue weighted by molar-refractivity contribution is 5.74. The van der Waals surface area contributed by atoms with Crippen molar-refractivity contribution < 1.29 is 9.90 Å². The summed E-state index contributed by atoms with van der Waals surface area (Å²) < 4.78 is 0. The molecule has 21 heavy (non-hydrogen) atoms. The van der Waals surface area contributed by atoms with Crippen molar-refractivity contribution in [3.63, 3.8) is 0 Å². The zero-order valence-corrected chi connectivity index (χ0v) is 15.1. The van der Waals surface area contributed by atoms with Crippen molar-refractivity contribution >= 4 is 5.97 Å². The van der Waals surface area contributed by atoms with Crippen LogP contribution in [0.15, 0.2) is 0 Å². The van der Waals surface area contributed by atoms with Crippen molar-refractivity contribution in [1.82, 2.24) is 0 Å². The lowest BCUT2D eigenvalue weighted by Gasteiger charge is -2.38. The Morgan fingerprint density at radius 3 is 2.00 bits per heavy atom. The molecule has 0 saturated carbocycles. The molecular weight excluding hydrogens is 260 g/mol. The number of hydrogen-bond acceptors (Lipinski definition) is 1. The third-order valence-electron chi connectivity index (χ3n) is 5.41. The first-order valence-corrected chi connectivity index (χ1v) is 9.21. The zero-order chi connectivity index (χ0) is 16.3. The Morgan fingerprint density at radius 2 is 1.57 bits per heavy atom. The highest BCUT2D eigenvalue weighted by Gasteiger charge is 2.42. The maximum Gasteiger partial charge on any atom is 0.309 e.